The lowest BCUT2D eigenvalue weighted by Gasteiger charge is -2.04. The van der Waals surface area contributed by atoms with Gasteiger partial charge in [0, 0.05) is 12.6 Å². The Morgan fingerprint density at radius 2 is 2.10 bits per heavy atom. The lowest BCUT2D eigenvalue weighted by Crippen LogP contribution is -2.23. The predicted molar refractivity (Wildman–Crippen MR) is 72.0 cm³/mol. The summed E-state index contributed by atoms with van der Waals surface area (Å²) in [4.78, 5) is 35.0. The largest absolute Gasteiger partial charge is 0.478 e. The van der Waals surface area contributed by atoms with Crippen molar-refractivity contribution in [2.45, 2.75) is 6.54 Å². The molecule has 0 saturated heterocycles. The van der Waals surface area contributed by atoms with Crippen LogP contribution < -0.4 is 5.32 Å². The molecular formula is C13H11N3O5. The summed E-state index contributed by atoms with van der Waals surface area (Å²) in [6.45, 7) is 0.118. The minimum Gasteiger partial charge on any atom is -0.478 e. The lowest BCUT2D eigenvalue weighted by molar-refractivity contribution is -0.384. The van der Waals surface area contributed by atoms with E-state index in [1.54, 1.807) is 12.1 Å². The van der Waals surface area contributed by atoms with Gasteiger partial charge in [0.2, 0.25) is 0 Å². The van der Waals surface area contributed by atoms with Gasteiger partial charge in [0.25, 0.3) is 11.6 Å². The molecule has 0 unspecified atom stereocenters. The normalized spacial score (nSPS) is 10.1. The third kappa shape index (κ3) is 3.44. The maximum absolute atomic E-state index is 11.8. The highest BCUT2D eigenvalue weighted by Gasteiger charge is 2.14. The van der Waals surface area contributed by atoms with Crippen molar-refractivity contribution >= 4 is 17.6 Å². The van der Waals surface area contributed by atoms with Gasteiger partial charge in [0.15, 0.2) is 0 Å². The average Bonchev–Trinajstić information content (AvgIpc) is 2.95. The van der Waals surface area contributed by atoms with Crippen LogP contribution in [0.4, 0.5) is 5.69 Å². The molecule has 0 saturated carbocycles. The van der Waals surface area contributed by atoms with E-state index < -0.39 is 16.8 Å². The molecule has 3 N–H and O–H groups in total. The molecule has 0 fully saturated rings. The number of hydrogen-bond acceptors (Lipinski definition) is 4. The van der Waals surface area contributed by atoms with Crippen LogP contribution in [0.2, 0.25) is 0 Å². The highest BCUT2D eigenvalue weighted by atomic mass is 16.6. The molecule has 1 aromatic heterocycles. The van der Waals surface area contributed by atoms with Crippen LogP contribution in [0.25, 0.3) is 0 Å². The standard InChI is InChI=1S/C13H11N3O5/c17-12(11-5-10(7-14-11)16(20)21)15-6-8-2-1-3-9(4-8)13(18)19/h1-5,7,14H,6H2,(H,15,17)(H,18,19). The molecule has 1 heterocycles. The lowest BCUT2D eigenvalue weighted by atomic mass is 10.1. The zero-order valence-corrected chi connectivity index (χ0v) is 10.7. The molecule has 2 rings (SSSR count). The van der Waals surface area contributed by atoms with E-state index in [0.29, 0.717) is 5.56 Å². The fourth-order valence-electron chi connectivity index (χ4n) is 1.71. The van der Waals surface area contributed by atoms with E-state index in [9.17, 15) is 19.7 Å². The van der Waals surface area contributed by atoms with Gasteiger partial charge in [-0.25, -0.2) is 4.79 Å². The van der Waals surface area contributed by atoms with E-state index in [-0.39, 0.29) is 23.5 Å². The van der Waals surface area contributed by atoms with Crippen molar-refractivity contribution in [3.63, 3.8) is 0 Å². The summed E-state index contributed by atoms with van der Waals surface area (Å²) in [6.07, 6.45) is 1.12. The summed E-state index contributed by atoms with van der Waals surface area (Å²) in [5, 5.41) is 21.9. The number of rotatable bonds is 5. The number of nitrogens with zero attached hydrogens (tertiary/aromatic N) is 1. The number of aromatic carboxylic acids is 1. The average molecular weight is 289 g/mol. The first-order valence-corrected chi connectivity index (χ1v) is 5.90. The van der Waals surface area contributed by atoms with Crippen LogP contribution in [0.3, 0.4) is 0 Å². The van der Waals surface area contributed by atoms with Gasteiger partial charge in [-0.2, -0.15) is 0 Å². The van der Waals surface area contributed by atoms with Crippen molar-refractivity contribution in [2.24, 2.45) is 0 Å². The van der Waals surface area contributed by atoms with Crippen molar-refractivity contribution in [3.05, 3.63) is 63.5 Å². The molecule has 0 spiro atoms. The predicted octanol–water partition coefficient (Wildman–Crippen LogP) is 1.55. The van der Waals surface area contributed by atoms with E-state index >= 15 is 0 Å². The van der Waals surface area contributed by atoms with Gasteiger partial charge < -0.3 is 15.4 Å². The minimum atomic E-state index is -1.05. The Bertz CT molecular complexity index is 707. The van der Waals surface area contributed by atoms with E-state index in [0.717, 1.165) is 12.3 Å². The summed E-state index contributed by atoms with van der Waals surface area (Å²) in [5.74, 6) is -1.56. The maximum atomic E-state index is 11.8. The van der Waals surface area contributed by atoms with Crippen LogP contribution in [0, 0.1) is 10.1 Å². The van der Waals surface area contributed by atoms with E-state index in [4.69, 9.17) is 5.11 Å². The smallest absolute Gasteiger partial charge is 0.335 e. The molecule has 0 aliphatic rings. The van der Waals surface area contributed by atoms with E-state index in [2.05, 4.69) is 10.3 Å². The number of aromatic nitrogens is 1. The van der Waals surface area contributed by atoms with Crippen molar-refractivity contribution in [1.29, 1.82) is 0 Å². The number of carbonyl (C=O) groups excluding carboxylic acids is 1. The first-order chi connectivity index (χ1) is 9.97. The van der Waals surface area contributed by atoms with Crippen LogP contribution in [0.1, 0.15) is 26.4 Å². The molecule has 21 heavy (non-hydrogen) atoms. The number of H-pyrrole nitrogens is 1. The third-order valence-electron chi connectivity index (χ3n) is 2.75. The number of carboxylic acid groups (broad SMARTS) is 1. The molecule has 1 aromatic carbocycles. The van der Waals surface area contributed by atoms with Gasteiger partial charge in [0.05, 0.1) is 16.7 Å². The number of benzene rings is 1. The molecule has 0 atom stereocenters. The van der Waals surface area contributed by atoms with E-state index in [1.165, 1.54) is 12.1 Å². The molecule has 0 aliphatic heterocycles. The number of aromatic amines is 1. The van der Waals surface area contributed by atoms with Crippen molar-refractivity contribution < 1.29 is 19.6 Å². The molecular weight excluding hydrogens is 278 g/mol. The van der Waals surface area contributed by atoms with Gasteiger partial charge in [-0.05, 0) is 17.7 Å². The van der Waals surface area contributed by atoms with Gasteiger partial charge in [-0.15, -0.1) is 0 Å². The number of carboxylic acids is 1. The zero-order valence-electron chi connectivity index (χ0n) is 10.7. The molecule has 0 aliphatic carbocycles. The summed E-state index contributed by atoms with van der Waals surface area (Å²) in [6, 6.07) is 7.26. The van der Waals surface area contributed by atoms with Gasteiger partial charge >= 0.3 is 5.97 Å². The van der Waals surface area contributed by atoms with Gasteiger partial charge in [-0.3, -0.25) is 14.9 Å². The fraction of sp³-hybridized carbons (Fsp3) is 0.0769. The van der Waals surface area contributed by atoms with Crippen LogP contribution in [-0.4, -0.2) is 26.9 Å². The van der Waals surface area contributed by atoms with Crippen LogP contribution in [0.5, 0.6) is 0 Å². The summed E-state index contributed by atoms with van der Waals surface area (Å²) in [5.41, 5.74) is 0.602. The number of hydrogen-bond donors (Lipinski definition) is 3. The monoisotopic (exact) mass is 289 g/mol. The Labute approximate surface area is 118 Å². The van der Waals surface area contributed by atoms with Gasteiger partial charge in [0.1, 0.15) is 5.69 Å². The summed E-state index contributed by atoms with van der Waals surface area (Å²) >= 11 is 0. The Hall–Kier alpha value is -3.16. The first kappa shape index (κ1) is 14.3. The quantitative estimate of drug-likeness (QED) is 0.568. The molecule has 0 bridgehead atoms. The minimum absolute atomic E-state index is 0.0658. The Kier molecular flexibility index (Phi) is 3.98. The van der Waals surface area contributed by atoms with Crippen LogP contribution in [-0.2, 0) is 6.54 Å². The second-order valence-corrected chi connectivity index (χ2v) is 4.22. The zero-order chi connectivity index (χ0) is 15.4. The third-order valence-corrected chi connectivity index (χ3v) is 2.75. The Balaban J connectivity index is 2.02. The Morgan fingerprint density at radius 1 is 1.33 bits per heavy atom. The highest BCUT2D eigenvalue weighted by molar-refractivity contribution is 5.93. The summed E-state index contributed by atoms with van der Waals surface area (Å²) < 4.78 is 0. The Morgan fingerprint density at radius 3 is 2.71 bits per heavy atom. The fourth-order valence-corrected chi connectivity index (χ4v) is 1.71. The summed E-state index contributed by atoms with van der Waals surface area (Å²) in [7, 11) is 0. The molecule has 0 radical (unpaired) electrons. The molecule has 2 aromatic rings. The molecule has 8 heteroatoms. The van der Waals surface area contributed by atoms with Crippen LogP contribution in [0.15, 0.2) is 36.5 Å². The molecule has 8 nitrogen and oxygen atoms in total. The van der Waals surface area contributed by atoms with Gasteiger partial charge in [-0.1, -0.05) is 12.1 Å². The van der Waals surface area contributed by atoms with Crippen molar-refractivity contribution in [2.75, 3.05) is 0 Å². The highest BCUT2D eigenvalue weighted by Crippen LogP contribution is 2.12. The van der Waals surface area contributed by atoms with Crippen molar-refractivity contribution in [1.82, 2.24) is 10.3 Å². The second kappa shape index (κ2) is 5.87. The number of nitrogens with one attached hydrogen (secondary N) is 2. The van der Waals surface area contributed by atoms with Crippen molar-refractivity contribution in [3.8, 4) is 0 Å². The number of nitro groups is 1. The molecule has 1 amide bonds. The number of carbonyl (C=O) groups is 2. The molecule has 108 valence electrons. The SMILES string of the molecule is O=C(O)c1cccc(CNC(=O)c2cc([N+](=O)[O-])c[nH]2)c1. The van der Waals surface area contributed by atoms with E-state index in [1.807, 2.05) is 0 Å². The first-order valence-electron chi connectivity index (χ1n) is 5.90. The maximum Gasteiger partial charge on any atom is 0.335 e. The number of amides is 1. The topological polar surface area (TPSA) is 125 Å². The second-order valence-electron chi connectivity index (χ2n) is 4.22. The van der Waals surface area contributed by atoms with Crippen LogP contribution >= 0.6 is 0 Å².